The van der Waals surface area contributed by atoms with Crippen LogP contribution in [0.5, 0.6) is 0 Å². The van der Waals surface area contributed by atoms with Gasteiger partial charge in [0.2, 0.25) is 0 Å². The van der Waals surface area contributed by atoms with Crippen molar-refractivity contribution in [3.05, 3.63) is 23.7 Å². The second-order valence-electron chi connectivity index (χ2n) is 4.24. The maximum Gasteiger partial charge on any atom is 0.139 e. The van der Waals surface area contributed by atoms with Crippen LogP contribution >= 0.6 is 0 Å². The number of anilines is 1. The molecule has 84 valence electrons. The van der Waals surface area contributed by atoms with Gasteiger partial charge in [-0.1, -0.05) is 12.2 Å². The standard InChI is InChI=1S/C12H16N4/c1-2-4-11-10(3-1)12(15-9-14-11)16-7-5-13-6-8-16/h1,3,9,13H,2,4-8H2. The van der Waals surface area contributed by atoms with Crippen molar-refractivity contribution >= 4 is 11.9 Å². The summed E-state index contributed by atoms with van der Waals surface area (Å²) in [6, 6.07) is 0. The van der Waals surface area contributed by atoms with Crippen LogP contribution in [0.25, 0.3) is 6.08 Å². The maximum atomic E-state index is 4.45. The Morgan fingerprint density at radius 3 is 2.94 bits per heavy atom. The molecule has 1 fully saturated rings. The van der Waals surface area contributed by atoms with E-state index in [0.29, 0.717) is 0 Å². The van der Waals surface area contributed by atoms with Crippen molar-refractivity contribution in [2.45, 2.75) is 12.8 Å². The van der Waals surface area contributed by atoms with Crippen molar-refractivity contribution in [2.24, 2.45) is 0 Å². The number of nitrogens with one attached hydrogen (secondary N) is 1. The predicted octanol–water partition coefficient (Wildman–Crippen LogP) is 0.846. The van der Waals surface area contributed by atoms with Crippen LogP contribution in [0.2, 0.25) is 0 Å². The number of piperazine rings is 1. The average Bonchev–Trinajstić information content (AvgIpc) is 2.39. The number of allylic oxidation sites excluding steroid dienone is 1. The van der Waals surface area contributed by atoms with E-state index in [2.05, 4.69) is 32.3 Å². The number of nitrogens with zero attached hydrogens (tertiary/aromatic N) is 3. The molecule has 3 rings (SSSR count). The fourth-order valence-electron chi connectivity index (χ4n) is 2.34. The Hall–Kier alpha value is -1.42. The van der Waals surface area contributed by atoms with Gasteiger partial charge in [-0.05, 0) is 12.8 Å². The molecule has 2 aliphatic rings. The van der Waals surface area contributed by atoms with Crippen molar-refractivity contribution < 1.29 is 0 Å². The van der Waals surface area contributed by atoms with Gasteiger partial charge in [-0.3, -0.25) is 0 Å². The van der Waals surface area contributed by atoms with E-state index in [0.717, 1.165) is 44.8 Å². The Bertz CT molecular complexity index is 407. The molecular weight excluding hydrogens is 200 g/mol. The zero-order chi connectivity index (χ0) is 10.8. The van der Waals surface area contributed by atoms with Gasteiger partial charge in [0.1, 0.15) is 12.1 Å². The van der Waals surface area contributed by atoms with Crippen LogP contribution in [0.15, 0.2) is 12.4 Å². The third-order valence-corrected chi connectivity index (χ3v) is 3.19. The Morgan fingerprint density at radius 1 is 1.19 bits per heavy atom. The van der Waals surface area contributed by atoms with E-state index in [-0.39, 0.29) is 0 Å². The molecule has 1 aliphatic heterocycles. The van der Waals surface area contributed by atoms with Crippen LogP contribution in [-0.4, -0.2) is 36.1 Å². The highest BCUT2D eigenvalue weighted by Gasteiger charge is 2.18. The minimum Gasteiger partial charge on any atom is -0.353 e. The van der Waals surface area contributed by atoms with Gasteiger partial charge >= 0.3 is 0 Å². The summed E-state index contributed by atoms with van der Waals surface area (Å²) in [5.41, 5.74) is 2.43. The lowest BCUT2D eigenvalue weighted by Gasteiger charge is -2.30. The van der Waals surface area contributed by atoms with Crippen molar-refractivity contribution in [1.29, 1.82) is 0 Å². The molecule has 0 aromatic carbocycles. The van der Waals surface area contributed by atoms with E-state index in [1.54, 1.807) is 6.33 Å². The number of aryl methyl sites for hydroxylation is 1. The number of rotatable bonds is 1. The highest BCUT2D eigenvalue weighted by Crippen LogP contribution is 2.25. The van der Waals surface area contributed by atoms with Gasteiger partial charge < -0.3 is 10.2 Å². The molecule has 0 bridgehead atoms. The fourth-order valence-corrected chi connectivity index (χ4v) is 2.34. The first-order valence-electron chi connectivity index (χ1n) is 5.91. The molecule has 4 nitrogen and oxygen atoms in total. The molecular formula is C12H16N4. The van der Waals surface area contributed by atoms with E-state index in [9.17, 15) is 0 Å². The monoisotopic (exact) mass is 216 g/mol. The summed E-state index contributed by atoms with van der Waals surface area (Å²) in [4.78, 5) is 11.2. The predicted molar refractivity (Wildman–Crippen MR) is 64.5 cm³/mol. The van der Waals surface area contributed by atoms with E-state index in [1.807, 2.05) is 0 Å². The van der Waals surface area contributed by atoms with Gasteiger partial charge in [0.05, 0.1) is 5.69 Å². The van der Waals surface area contributed by atoms with Gasteiger partial charge in [-0.15, -0.1) is 0 Å². The molecule has 1 saturated heterocycles. The van der Waals surface area contributed by atoms with Crippen molar-refractivity contribution in [3.63, 3.8) is 0 Å². The number of fused-ring (bicyclic) bond motifs is 1. The smallest absolute Gasteiger partial charge is 0.139 e. The van der Waals surface area contributed by atoms with E-state index in [4.69, 9.17) is 0 Å². The third-order valence-electron chi connectivity index (χ3n) is 3.19. The molecule has 0 unspecified atom stereocenters. The molecule has 1 aromatic rings. The van der Waals surface area contributed by atoms with Crippen LogP contribution in [0.3, 0.4) is 0 Å². The Balaban J connectivity index is 1.97. The van der Waals surface area contributed by atoms with Crippen LogP contribution < -0.4 is 10.2 Å². The van der Waals surface area contributed by atoms with E-state index >= 15 is 0 Å². The normalized spacial score (nSPS) is 19.6. The Labute approximate surface area is 95.4 Å². The molecule has 0 saturated carbocycles. The summed E-state index contributed by atoms with van der Waals surface area (Å²) in [6.45, 7) is 4.17. The number of aromatic nitrogens is 2. The molecule has 1 aromatic heterocycles. The van der Waals surface area contributed by atoms with Crippen LogP contribution in [-0.2, 0) is 6.42 Å². The second kappa shape index (κ2) is 4.22. The zero-order valence-corrected chi connectivity index (χ0v) is 9.32. The second-order valence-corrected chi connectivity index (χ2v) is 4.24. The van der Waals surface area contributed by atoms with Crippen LogP contribution in [0.4, 0.5) is 5.82 Å². The lowest BCUT2D eigenvalue weighted by molar-refractivity contribution is 0.583. The zero-order valence-electron chi connectivity index (χ0n) is 9.32. The quantitative estimate of drug-likeness (QED) is 0.755. The molecule has 2 heterocycles. The van der Waals surface area contributed by atoms with Crippen molar-refractivity contribution in [1.82, 2.24) is 15.3 Å². The van der Waals surface area contributed by atoms with Gasteiger partial charge in [0.25, 0.3) is 0 Å². The highest BCUT2D eigenvalue weighted by atomic mass is 15.2. The average molecular weight is 216 g/mol. The highest BCUT2D eigenvalue weighted by molar-refractivity contribution is 5.67. The molecule has 0 amide bonds. The van der Waals surface area contributed by atoms with Gasteiger partial charge in [0.15, 0.2) is 0 Å². The molecule has 0 atom stereocenters. The van der Waals surface area contributed by atoms with Crippen molar-refractivity contribution in [2.75, 3.05) is 31.1 Å². The van der Waals surface area contributed by atoms with Crippen LogP contribution in [0.1, 0.15) is 17.7 Å². The van der Waals surface area contributed by atoms with E-state index < -0.39 is 0 Å². The fraction of sp³-hybridized carbons (Fsp3) is 0.500. The molecule has 4 heteroatoms. The van der Waals surface area contributed by atoms with Gasteiger partial charge in [0, 0.05) is 31.7 Å². The molecule has 1 aliphatic carbocycles. The van der Waals surface area contributed by atoms with E-state index in [1.165, 1.54) is 11.3 Å². The summed E-state index contributed by atoms with van der Waals surface area (Å²) in [7, 11) is 0. The topological polar surface area (TPSA) is 41.1 Å². The first-order valence-corrected chi connectivity index (χ1v) is 5.91. The summed E-state index contributed by atoms with van der Waals surface area (Å²) < 4.78 is 0. The molecule has 0 spiro atoms. The van der Waals surface area contributed by atoms with Crippen molar-refractivity contribution in [3.8, 4) is 0 Å². The Morgan fingerprint density at radius 2 is 2.06 bits per heavy atom. The van der Waals surface area contributed by atoms with Gasteiger partial charge in [-0.25, -0.2) is 9.97 Å². The largest absolute Gasteiger partial charge is 0.353 e. The summed E-state index contributed by atoms with van der Waals surface area (Å²) in [5.74, 6) is 1.11. The molecule has 1 N–H and O–H groups in total. The first-order chi connectivity index (χ1) is 7.95. The first kappa shape index (κ1) is 9.78. The maximum absolute atomic E-state index is 4.45. The summed E-state index contributed by atoms with van der Waals surface area (Å²) in [5, 5.41) is 3.36. The summed E-state index contributed by atoms with van der Waals surface area (Å²) in [6.07, 6.45) is 8.25. The number of hydrogen-bond acceptors (Lipinski definition) is 4. The van der Waals surface area contributed by atoms with Gasteiger partial charge in [-0.2, -0.15) is 0 Å². The Kier molecular flexibility index (Phi) is 2.58. The minimum atomic E-state index is 1.04. The lowest BCUT2D eigenvalue weighted by Crippen LogP contribution is -2.44. The minimum absolute atomic E-state index is 1.04. The lowest BCUT2D eigenvalue weighted by atomic mass is 10.0. The van der Waals surface area contributed by atoms with Crippen LogP contribution in [0, 0.1) is 0 Å². The SMILES string of the molecule is C1=Cc2c(ncnc2N2CCNCC2)CC1. The molecule has 16 heavy (non-hydrogen) atoms. The summed E-state index contributed by atoms with van der Waals surface area (Å²) >= 11 is 0. The third kappa shape index (κ3) is 1.69. The molecule has 0 radical (unpaired) electrons. The number of hydrogen-bond donors (Lipinski definition) is 1.